The summed E-state index contributed by atoms with van der Waals surface area (Å²) >= 11 is 1.52. The lowest BCUT2D eigenvalue weighted by Gasteiger charge is -2.10. The fourth-order valence-corrected chi connectivity index (χ4v) is 1.98. The number of nitrogens with zero attached hydrogens (tertiary/aromatic N) is 1. The average molecular weight is 242 g/mol. The predicted octanol–water partition coefficient (Wildman–Crippen LogP) is 1.75. The topological polar surface area (TPSA) is 51.2 Å². The Labute approximate surface area is 100 Å². The van der Waals surface area contributed by atoms with Crippen molar-refractivity contribution >= 4 is 17.2 Å². The van der Waals surface area contributed by atoms with Crippen molar-refractivity contribution in [3.63, 3.8) is 0 Å². The Morgan fingerprint density at radius 3 is 3.06 bits per heavy atom. The maximum Gasteiger partial charge on any atom is 0.226 e. The van der Waals surface area contributed by atoms with Crippen molar-refractivity contribution in [1.29, 1.82) is 0 Å². The third-order valence-electron chi connectivity index (χ3n) is 2.23. The number of nitrogens with one attached hydrogen (secondary N) is 1. The molecular weight excluding hydrogens is 224 g/mol. The fourth-order valence-electron chi connectivity index (χ4n) is 1.21. The highest BCUT2D eigenvalue weighted by Gasteiger charge is 2.09. The summed E-state index contributed by atoms with van der Waals surface area (Å²) in [5.74, 6) is 0.0311. The van der Waals surface area contributed by atoms with E-state index in [2.05, 4.69) is 10.3 Å². The molecule has 1 rings (SSSR count). The van der Waals surface area contributed by atoms with Gasteiger partial charge in [0, 0.05) is 18.5 Å². The van der Waals surface area contributed by atoms with Crippen molar-refractivity contribution < 1.29 is 9.53 Å². The maximum atomic E-state index is 11.6. The van der Waals surface area contributed by atoms with E-state index >= 15 is 0 Å². The molecule has 0 aliphatic rings. The van der Waals surface area contributed by atoms with Gasteiger partial charge in [0.15, 0.2) is 0 Å². The van der Waals surface area contributed by atoms with Crippen LogP contribution in [0.1, 0.15) is 31.0 Å². The minimum absolute atomic E-state index is 0.0311. The van der Waals surface area contributed by atoms with E-state index in [-0.39, 0.29) is 11.9 Å². The molecule has 4 nitrogen and oxygen atoms in total. The SMILES string of the molecule is CCC(C)NC(=O)Cc1csc(COC)n1. The van der Waals surface area contributed by atoms with Gasteiger partial charge in [0.25, 0.3) is 0 Å². The molecule has 0 aliphatic heterocycles. The smallest absolute Gasteiger partial charge is 0.226 e. The molecule has 0 bridgehead atoms. The van der Waals surface area contributed by atoms with Gasteiger partial charge in [0.05, 0.1) is 18.7 Å². The molecule has 0 saturated heterocycles. The number of rotatable bonds is 6. The van der Waals surface area contributed by atoms with E-state index in [1.165, 1.54) is 11.3 Å². The highest BCUT2D eigenvalue weighted by molar-refractivity contribution is 7.09. The molecule has 5 heteroatoms. The number of carbonyl (C=O) groups excluding carboxylic acids is 1. The Morgan fingerprint density at radius 2 is 2.44 bits per heavy atom. The zero-order chi connectivity index (χ0) is 12.0. The van der Waals surface area contributed by atoms with Gasteiger partial charge >= 0.3 is 0 Å². The van der Waals surface area contributed by atoms with Crippen LogP contribution in [0.25, 0.3) is 0 Å². The van der Waals surface area contributed by atoms with Crippen LogP contribution in [0.4, 0.5) is 0 Å². The Bertz CT molecular complexity index is 338. The lowest BCUT2D eigenvalue weighted by atomic mass is 10.2. The van der Waals surface area contributed by atoms with Crippen LogP contribution in [0, 0.1) is 0 Å². The molecule has 1 unspecified atom stereocenters. The second-order valence-corrected chi connectivity index (χ2v) is 4.66. The second kappa shape index (κ2) is 6.60. The van der Waals surface area contributed by atoms with Crippen molar-refractivity contribution in [2.45, 2.75) is 39.3 Å². The summed E-state index contributed by atoms with van der Waals surface area (Å²) in [5.41, 5.74) is 0.817. The molecule has 1 heterocycles. The monoisotopic (exact) mass is 242 g/mol. The summed E-state index contributed by atoms with van der Waals surface area (Å²) in [6.45, 7) is 4.55. The number of ether oxygens (including phenoxy) is 1. The van der Waals surface area contributed by atoms with Crippen molar-refractivity contribution in [3.05, 3.63) is 16.1 Å². The summed E-state index contributed by atoms with van der Waals surface area (Å²) in [4.78, 5) is 15.9. The molecule has 90 valence electrons. The molecule has 1 atom stereocenters. The number of methoxy groups -OCH3 is 1. The van der Waals surface area contributed by atoms with Gasteiger partial charge in [0.2, 0.25) is 5.91 Å². The molecule has 0 fully saturated rings. The molecule has 1 amide bonds. The van der Waals surface area contributed by atoms with Gasteiger partial charge in [0.1, 0.15) is 5.01 Å². The van der Waals surface area contributed by atoms with Gasteiger partial charge in [-0.1, -0.05) is 6.92 Å². The first-order chi connectivity index (χ1) is 7.65. The number of hydrogen-bond acceptors (Lipinski definition) is 4. The predicted molar refractivity (Wildman–Crippen MR) is 64.4 cm³/mol. The molecule has 0 spiro atoms. The molecule has 16 heavy (non-hydrogen) atoms. The maximum absolute atomic E-state index is 11.6. The second-order valence-electron chi connectivity index (χ2n) is 3.72. The zero-order valence-electron chi connectivity index (χ0n) is 9.95. The number of hydrogen-bond donors (Lipinski definition) is 1. The van der Waals surface area contributed by atoms with E-state index in [4.69, 9.17) is 4.74 Å². The van der Waals surface area contributed by atoms with E-state index in [1.54, 1.807) is 7.11 Å². The minimum Gasteiger partial charge on any atom is -0.378 e. The molecule has 0 aliphatic carbocycles. The number of amides is 1. The average Bonchev–Trinajstić information content (AvgIpc) is 2.65. The number of carbonyl (C=O) groups is 1. The van der Waals surface area contributed by atoms with E-state index in [9.17, 15) is 4.79 Å². The molecular formula is C11H18N2O2S. The van der Waals surface area contributed by atoms with E-state index in [1.807, 2.05) is 19.2 Å². The summed E-state index contributed by atoms with van der Waals surface area (Å²) < 4.78 is 4.98. The van der Waals surface area contributed by atoms with Crippen LogP contribution in [-0.4, -0.2) is 24.0 Å². The summed E-state index contributed by atoms with van der Waals surface area (Å²) in [6.07, 6.45) is 1.29. The lowest BCUT2D eigenvalue weighted by Crippen LogP contribution is -2.33. The Morgan fingerprint density at radius 1 is 1.69 bits per heavy atom. The summed E-state index contributed by atoms with van der Waals surface area (Å²) in [5, 5.41) is 5.73. The Hall–Kier alpha value is -0.940. The molecule has 1 N–H and O–H groups in total. The van der Waals surface area contributed by atoms with Crippen LogP contribution < -0.4 is 5.32 Å². The first kappa shape index (κ1) is 13.1. The third-order valence-corrected chi connectivity index (χ3v) is 3.10. The molecule has 0 aromatic carbocycles. The Kier molecular flexibility index (Phi) is 5.42. The van der Waals surface area contributed by atoms with Gasteiger partial charge < -0.3 is 10.1 Å². The van der Waals surface area contributed by atoms with Crippen molar-refractivity contribution in [1.82, 2.24) is 10.3 Å². The van der Waals surface area contributed by atoms with Crippen LogP contribution in [0.15, 0.2) is 5.38 Å². The van der Waals surface area contributed by atoms with Gasteiger partial charge in [-0.05, 0) is 13.3 Å². The third kappa shape index (κ3) is 4.28. The van der Waals surface area contributed by atoms with Crippen LogP contribution in [0.5, 0.6) is 0 Å². The normalized spacial score (nSPS) is 12.4. The number of aromatic nitrogens is 1. The zero-order valence-corrected chi connectivity index (χ0v) is 10.8. The largest absolute Gasteiger partial charge is 0.378 e. The van der Waals surface area contributed by atoms with E-state index in [0.29, 0.717) is 13.0 Å². The summed E-state index contributed by atoms with van der Waals surface area (Å²) in [7, 11) is 1.64. The van der Waals surface area contributed by atoms with Gasteiger partial charge in [-0.25, -0.2) is 4.98 Å². The van der Waals surface area contributed by atoms with E-state index in [0.717, 1.165) is 17.1 Å². The molecule has 0 radical (unpaired) electrons. The fraction of sp³-hybridized carbons (Fsp3) is 0.636. The lowest BCUT2D eigenvalue weighted by molar-refractivity contribution is -0.121. The van der Waals surface area contributed by atoms with Crippen LogP contribution in [-0.2, 0) is 22.6 Å². The first-order valence-corrected chi connectivity index (χ1v) is 6.25. The molecule has 1 aromatic heterocycles. The van der Waals surface area contributed by atoms with Crippen LogP contribution >= 0.6 is 11.3 Å². The highest BCUT2D eigenvalue weighted by atomic mass is 32.1. The Balaban J connectivity index is 2.43. The van der Waals surface area contributed by atoms with Crippen molar-refractivity contribution in [2.24, 2.45) is 0 Å². The van der Waals surface area contributed by atoms with Crippen molar-refractivity contribution in [2.75, 3.05) is 7.11 Å². The van der Waals surface area contributed by atoms with Gasteiger partial charge in [-0.2, -0.15) is 0 Å². The van der Waals surface area contributed by atoms with Crippen LogP contribution in [0.3, 0.4) is 0 Å². The number of thiazole rings is 1. The summed E-state index contributed by atoms with van der Waals surface area (Å²) in [6, 6.07) is 0.226. The van der Waals surface area contributed by atoms with Gasteiger partial charge in [-0.3, -0.25) is 4.79 Å². The van der Waals surface area contributed by atoms with E-state index < -0.39 is 0 Å². The standard InChI is InChI=1S/C11H18N2O2S/c1-4-8(2)12-10(14)5-9-7-16-11(13-9)6-15-3/h7-8H,4-6H2,1-3H3,(H,12,14). The van der Waals surface area contributed by atoms with Gasteiger partial charge in [-0.15, -0.1) is 11.3 Å². The quantitative estimate of drug-likeness (QED) is 0.826. The first-order valence-electron chi connectivity index (χ1n) is 5.37. The molecule has 0 saturated carbocycles. The highest BCUT2D eigenvalue weighted by Crippen LogP contribution is 2.11. The minimum atomic E-state index is 0.0311. The van der Waals surface area contributed by atoms with Crippen molar-refractivity contribution in [3.8, 4) is 0 Å². The van der Waals surface area contributed by atoms with Crippen LogP contribution in [0.2, 0.25) is 0 Å². The molecule has 1 aromatic rings.